The van der Waals surface area contributed by atoms with E-state index in [-0.39, 0.29) is 11.5 Å². The number of benzene rings is 2. The normalized spacial score (nSPS) is 12.4. The number of aromatic amines is 1. The molecule has 0 fully saturated rings. The third-order valence-corrected chi connectivity index (χ3v) is 6.56. The van der Waals surface area contributed by atoms with Crippen LogP contribution < -0.4 is 5.56 Å². The van der Waals surface area contributed by atoms with Crippen molar-refractivity contribution in [1.82, 2.24) is 14.5 Å². The smallest absolute Gasteiger partial charge is 0.319 e. The lowest BCUT2D eigenvalue weighted by Crippen LogP contribution is -2.25. The summed E-state index contributed by atoms with van der Waals surface area (Å²) >= 11 is 1.28. The molecule has 7 heteroatoms. The van der Waals surface area contributed by atoms with Crippen LogP contribution in [0.25, 0.3) is 27.6 Å². The van der Waals surface area contributed by atoms with E-state index in [0.29, 0.717) is 29.2 Å². The Hall–Kier alpha value is -3.06. The highest BCUT2D eigenvalue weighted by Crippen LogP contribution is 2.31. The number of nitrogens with zero attached hydrogens (tertiary/aromatic N) is 2. The molecule has 0 spiro atoms. The van der Waals surface area contributed by atoms with Crippen LogP contribution in [0.1, 0.15) is 31.4 Å². The predicted molar refractivity (Wildman–Crippen MR) is 125 cm³/mol. The molecule has 0 amide bonds. The second kappa shape index (κ2) is 8.59. The lowest BCUT2D eigenvalue weighted by molar-refractivity contribution is -0.142. The van der Waals surface area contributed by atoms with Crippen LogP contribution in [0.3, 0.4) is 0 Å². The molecule has 0 bridgehead atoms. The van der Waals surface area contributed by atoms with Gasteiger partial charge in [-0.1, -0.05) is 49.0 Å². The van der Waals surface area contributed by atoms with Gasteiger partial charge in [-0.25, -0.2) is 4.98 Å². The highest BCUT2D eigenvalue weighted by Gasteiger charge is 2.25. The number of fused-ring (bicyclic) bond motifs is 3. The van der Waals surface area contributed by atoms with Crippen LogP contribution in [0, 0.1) is 13.8 Å². The van der Waals surface area contributed by atoms with Crippen LogP contribution in [0.15, 0.2) is 52.4 Å². The number of carbonyl (C=O) groups is 1. The summed E-state index contributed by atoms with van der Waals surface area (Å²) in [7, 11) is 0. The summed E-state index contributed by atoms with van der Waals surface area (Å²) in [4.78, 5) is 34.3. The first kappa shape index (κ1) is 21.2. The number of aromatic nitrogens is 3. The lowest BCUT2D eigenvalue weighted by Gasteiger charge is -2.18. The van der Waals surface area contributed by atoms with Crippen molar-refractivity contribution in [3.8, 4) is 5.69 Å². The minimum absolute atomic E-state index is 0.184. The molecule has 160 valence electrons. The van der Waals surface area contributed by atoms with Crippen LogP contribution in [0.2, 0.25) is 0 Å². The molecule has 0 radical (unpaired) electrons. The standard InChI is InChI=1S/C24H25N3O3S/c1-5-19(23(29)30-6-2)31-24-26-20-16-9-7-8-10-17(16)25-21(20)22(28)27(24)18-13-14(3)11-12-15(18)4/h7-13,19,25H,5-6H2,1-4H3. The van der Waals surface area contributed by atoms with Gasteiger partial charge in [0.15, 0.2) is 5.16 Å². The predicted octanol–water partition coefficient (Wildman–Crippen LogP) is 4.92. The summed E-state index contributed by atoms with van der Waals surface area (Å²) in [5, 5.41) is 0.912. The van der Waals surface area contributed by atoms with Gasteiger partial charge in [0.2, 0.25) is 0 Å². The Morgan fingerprint density at radius 3 is 2.71 bits per heavy atom. The van der Waals surface area contributed by atoms with Gasteiger partial charge in [0, 0.05) is 10.9 Å². The fourth-order valence-corrected chi connectivity index (χ4v) is 4.67. The Morgan fingerprint density at radius 1 is 1.19 bits per heavy atom. The molecule has 0 aliphatic rings. The maximum absolute atomic E-state index is 13.7. The molecule has 2 aromatic carbocycles. The van der Waals surface area contributed by atoms with Gasteiger partial charge >= 0.3 is 5.97 Å². The second-order valence-electron chi connectivity index (χ2n) is 7.49. The van der Waals surface area contributed by atoms with Gasteiger partial charge in [0.1, 0.15) is 16.3 Å². The van der Waals surface area contributed by atoms with Gasteiger partial charge in [-0.15, -0.1) is 0 Å². The van der Waals surface area contributed by atoms with Crippen molar-refractivity contribution in [1.29, 1.82) is 0 Å². The number of carbonyl (C=O) groups excluding carboxylic acids is 1. The molecule has 6 nitrogen and oxygen atoms in total. The van der Waals surface area contributed by atoms with Crippen molar-refractivity contribution in [3.05, 3.63) is 63.9 Å². The molecular formula is C24H25N3O3S. The first-order valence-electron chi connectivity index (χ1n) is 10.4. The summed E-state index contributed by atoms with van der Waals surface area (Å²) in [5.41, 5.74) is 4.50. The van der Waals surface area contributed by atoms with Crippen LogP contribution in [0.4, 0.5) is 0 Å². The van der Waals surface area contributed by atoms with Crippen LogP contribution in [-0.4, -0.2) is 32.4 Å². The van der Waals surface area contributed by atoms with Crippen LogP contribution in [-0.2, 0) is 9.53 Å². The summed E-state index contributed by atoms with van der Waals surface area (Å²) < 4.78 is 6.87. The monoisotopic (exact) mass is 435 g/mol. The molecule has 1 N–H and O–H groups in total. The van der Waals surface area contributed by atoms with E-state index in [4.69, 9.17) is 9.72 Å². The molecule has 1 atom stereocenters. The minimum atomic E-state index is -0.453. The Labute approximate surface area is 184 Å². The summed E-state index contributed by atoms with van der Waals surface area (Å²) in [6.45, 7) is 7.99. The van der Waals surface area contributed by atoms with E-state index in [1.54, 1.807) is 11.5 Å². The maximum atomic E-state index is 13.7. The van der Waals surface area contributed by atoms with E-state index in [9.17, 15) is 9.59 Å². The first-order chi connectivity index (χ1) is 14.9. The SMILES string of the molecule is CCOC(=O)C(CC)Sc1nc2c([nH]c3ccccc32)c(=O)n1-c1cc(C)ccc1C. The largest absolute Gasteiger partial charge is 0.465 e. The zero-order valence-electron chi connectivity index (χ0n) is 18.1. The van der Waals surface area contributed by atoms with E-state index in [1.807, 2.05) is 63.2 Å². The molecule has 4 aromatic rings. The molecule has 4 rings (SSSR count). The topological polar surface area (TPSA) is 77.0 Å². The highest BCUT2D eigenvalue weighted by atomic mass is 32.2. The third kappa shape index (κ3) is 3.85. The Kier molecular flexibility index (Phi) is 5.87. The molecule has 0 saturated carbocycles. The number of ether oxygens (including phenoxy) is 1. The Morgan fingerprint density at radius 2 is 1.97 bits per heavy atom. The van der Waals surface area contributed by atoms with Crippen molar-refractivity contribution >= 4 is 39.7 Å². The molecule has 2 heterocycles. The van der Waals surface area contributed by atoms with Crippen molar-refractivity contribution in [2.75, 3.05) is 6.61 Å². The summed E-state index contributed by atoms with van der Waals surface area (Å²) in [6, 6.07) is 13.7. The van der Waals surface area contributed by atoms with Crippen LogP contribution >= 0.6 is 11.8 Å². The quantitative estimate of drug-likeness (QED) is 0.264. The molecule has 0 aliphatic heterocycles. The number of esters is 1. The van der Waals surface area contributed by atoms with E-state index in [1.165, 1.54) is 11.8 Å². The van der Waals surface area contributed by atoms with Crippen molar-refractivity contribution < 1.29 is 9.53 Å². The molecule has 1 unspecified atom stereocenters. The van der Waals surface area contributed by atoms with E-state index in [0.717, 1.165) is 27.7 Å². The van der Waals surface area contributed by atoms with Gasteiger partial charge in [0.05, 0.1) is 12.3 Å². The zero-order valence-corrected chi connectivity index (χ0v) is 18.9. The number of para-hydroxylation sites is 1. The molecule has 2 aromatic heterocycles. The van der Waals surface area contributed by atoms with Gasteiger partial charge < -0.3 is 9.72 Å². The van der Waals surface area contributed by atoms with Crippen molar-refractivity contribution in [2.24, 2.45) is 0 Å². The van der Waals surface area contributed by atoms with Crippen molar-refractivity contribution in [3.63, 3.8) is 0 Å². The third-order valence-electron chi connectivity index (χ3n) is 5.27. The fraction of sp³-hybridized carbons (Fsp3) is 0.292. The number of hydrogen-bond donors (Lipinski definition) is 1. The number of thioether (sulfide) groups is 1. The van der Waals surface area contributed by atoms with Crippen molar-refractivity contribution in [2.45, 2.75) is 44.5 Å². The number of nitrogens with one attached hydrogen (secondary N) is 1. The minimum Gasteiger partial charge on any atom is -0.465 e. The average Bonchev–Trinajstić information content (AvgIpc) is 3.13. The maximum Gasteiger partial charge on any atom is 0.319 e. The first-order valence-corrected chi connectivity index (χ1v) is 11.3. The lowest BCUT2D eigenvalue weighted by atomic mass is 10.1. The van der Waals surface area contributed by atoms with E-state index >= 15 is 0 Å². The number of aryl methyl sites for hydroxylation is 2. The summed E-state index contributed by atoms with van der Waals surface area (Å²) in [6.07, 6.45) is 0.568. The molecule has 31 heavy (non-hydrogen) atoms. The Bertz CT molecular complexity index is 1340. The van der Waals surface area contributed by atoms with Crippen LogP contribution in [0.5, 0.6) is 0 Å². The fourth-order valence-electron chi connectivity index (χ4n) is 3.65. The van der Waals surface area contributed by atoms with Gasteiger partial charge in [-0.3, -0.25) is 14.2 Å². The second-order valence-corrected chi connectivity index (χ2v) is 8.66. The molecule has 0 saturated heterocycles. The highest BCUT2D eigenvalue weighted by molar-refractivity contribution is 8.00. The molecule has 0 aliphatic carbocycles. The van der Waals surface area contributed by atoms with Gasteiger partial charge in [-0.2, -0.15) is 0 Å². The van der Waals surface area contributed by atoms with E-state index in [2.05, 4.69) is 4.98 Å². The average molecular weight is 436 g/mol. The summed E-state index contributed by atoms with van der Waals surface area (Å²) in [5.74, 6) is -0.296. The van der Waals surface area contributed by atoms with Gasteiger partial charge in [-0.05, 0) is 50.5 Å². The number of rotatable bonds is 6. The Balaban J connectivity index is 2.01. The van der Waals surface area contributed by atoms with Gasteiger partial charge in [0.25, 0.3) is 5.56 Å². The van der Waals surface area contributed by atoms with E-state index < -0.39 is 5.25 Å². The molecular weight excluding hydrogens is 410 g/mol. The number of H-pyrrole nitrogens is 1. The number of hydrogen-bond acceptors (Lipinski definition) is 5. The zero-order chi connectivity index (χ0) is 22.1.